The normalized spacial score (nSPS) is 18.9. The summed E-state index contributed by atoms with van der Waals surface area (Å²) in [6, 6.07) is 6.97. The molecule has 0 amide bonds. The molecule has 0 radical (unpaired) electrons. The zero-order valence-corrected chi connectivity index (χ0v) is 10.6. The summed E-state index contributed by atoms with van der Waals surface area (Å²) in [6.45, 7) is 7.92. The van der Waals surface area contributed by atoms with Crippen molar-refractivity contribution in [1.29, 1.82) is 0 Å². The van der Waals surface area contributed by atoms with Gasteiger partial charge < -0.3 is 10.2 Å². The molecule has 1 aromatic rings. The van der Waals surface area contributed by atoms with Crippen molar-refractivity contribution < 1.29 is 0 Å². The molecule has 1 N–H and O–H groups in total. The second-order valence-corrected chi connectivity index (χ2v) is 4.69. The van der Waals surface area contributed by atoms with Crippen LogP contribution < -0.4 is 10.2 Å². The molecule has 0 bridgehead atoms. The molecule has 0 saturated carbocycles. The highest BCUT2D eigenvalue weighted by Gasteiger charge is 2.24. The average molecular weight is 218 g/mol. The van der Waals surface area contributed by atoms with E-state index >= 15 is 0 Å². The summed E-state index contributed by atoms with van der Waals surface area (Å²) in [5.41, 5.74) is 4.44. The van der Waals surface area contributed by atoms with Crippen molar-refractivity contribution in [3.8, 4) is 0 Å². The third-order valence-corrected chi connectivity index (χ3v) is 3.50. The molecule has 0 spiro atoms. The molecule has 1 aliphatic rings. The van der Waals surface area contributed by atoms with Crippen LogP contribution in [0.25, 0.3) is 0 Å². The maximum atomic E-state index is 3.20. The fraction of sp³-hybridized carbons (Fsp3) is 0.571. The maximum Gasteiger partial charge on any atom is 0.0402 e. The highest BCUT2D eigenvalue weighted by atomic mass is 15.1. The van der Waals surface area contributed by atoms with Gasteiger partial charge in [0.15, 0.2) is 0 Å². The topological polar surface area (TPSA) is 15.3 Å². The molecular weight excluding hydrogens is 196 g/mol. The monoisotopic (exact) mass is 218 g/mol. The van der Waals surface area contributed by atoms with Gasteiger partial charge in [-0.3, -0.25) is 0 Å². The predicted molar refractivity (Wildman–Crippen MR) is 70.4 cm³/mol. The number of likely N-dealkylation sites (N-methyl/N-ethyl adjacent to an activating group) is 2. The lowest BCUT2D eigenvalue weighted by atomic mass is 10.00. The highest BCUT2D eigenvalue weighted by molar-refractivity contribution is 5.61. The quantitative estimate of drug-likeness (QED) is 0.835. The number of fused-ring (bicyclic) bond motifs is 1. The Kier molecular flexibility index (Phi) is 3.49. The molecule has 0 aliphatic carbocycles. The van der Waals surface area contributed by atoms with Crippen molar-refractivity contribution in [2.75, 3.05) is 31.6 Å². The molecule has 1 aliphatic heterocycles. The van der Waals surface area contributed by atoms with Gasteiger partial charge in [-0.1, -0.05) is 19.1 Å². The van der Waals surface area contributed by atoms with Crippen LogP contribution in [-0.2, 0) is 6.42 Å². The number of rotatable bonds is 4. The van der Waals surface area contributed by atoms with Crippen molar-refractivity contribution in [1.82, 2.24) is 5.32 Å². The summed E-state index contributed by atoms with van der Waals surface area (Å²) in [5, 5.41) is 3.20. The van der Waals surface area contributed by atoms with Crippen molar-refractivity contribution in [2.24, 2.45) is 0 Å². The number of hydrogen-bond acceptors (Lipinski definition) is 2. The van der Waals surface area contributed by atoms with E-state index in [0.717, 1.165) is 19.5 Å². The van der Waals surface area contributed by atoms with Crippen LogP contribution in [0.2, 0.25) is 0 Å². The Morgan fingerprint density at radius 2 is 2.25 bits per heavy atom. The van der Waals surface area contributed by atoms with Gasteiger partial charge in [0.05, 0.1) is 0 Å². The number of anilines is 1. The van der Waals surface area contributed by atoms with Crippen LogP contribution in [-0.4, -0.2) is 26.7 Å². The Balaban J connectivity index is 2.22. The standard InChI is InChI=1S/C14H22N2/c1-4-16-10-11(2)13-9-12(7-8-15-3)5-6-14(13)16/h5-6,9,11,15H,4,7-8,10H2,1-3H3. The second-order valence-electron chi connectivity index (χ2n) is 4.69. The Labute approximate surface area is 98.7 Å². The van der Waals surface area contributed by atoms with E-state index in [9.17, 15) is 0 Å². The maximum absolute atomic E-state index is 3.20. The first kappa shape index (κ1) is 11.5. The van der Waals surface area contributed by atoms with E-state index < -0.39 is 0 Å². The van der Waals surface area contributed by atoms with Gasteiger partial charge in [-0.05, 0) is 44.1 Å². The van der Waals surface area contributed by atoms with E-state index in [4.69, 9.17) is 0 Å². The van der Waals surface area contributed by atoms with Crippen molar-refractivity contribution in [3.63, 3.8) is 0 Å². The summed E-state index contributed by atoms with van der Waals surface area (Å²) in [6.07, 6.45) is 1.13. The number of nitrogens with one attached hydrogen (secondary N) is 1. The van der Waals surface area contributed by atoms with Crippen LogP contribution in [0.4, 0.5) is 5.69 Å². The van der Waals surface area contributed by atoms with Gasteiger partial charge in [0, 0.05) is 24.7 Å². The van der Waals surface area contributed by atoms with Gasteiger partial charge in [0.25, 0.3) is 0 Å². The molecule has 1 aromatic carbocycles. The van der Waals surface area contributed by atoms with E-state index in [1.54, 1.807) is 0 Å². The molecule has 2 nitrogen and oxygen atoms in total. The van der Waals surface area contributed by atoms with E-state index in [1.807, 2.05) is 7.05 Å². The minimum absolute atomic E-state index is 0.685. The lowest BCUT2D eigenvalue weighted by Crippen LogP contribution is -2.20. The van der Waals surface area contributed by atoms with Crippen LogP contribution in [0, 0.1) is 0 Å². The predicted octanol–water partition coefficient (Wildman–Crippen LogP) is 2.39. The van der Waals surface area contributed by atoms with Gasteiger partial charge >= 0.3 is 0 Å². The van der Waals surface area contributed by atoms with E-state index in [-0.39, 0.29) is 0 Å². The zero-order chi connectivity index (χ0) is 11.5. The lowest BCUT2D eigenvalue weighted by Gasteiger charge is -2.16. The summed E-state index contributed by atoms with van der Waals surface area (Å²) < 4.78 is 0. The van der Waals surface area contributed by atoms with E-state index in [0.29, 0.717) is 5.92 Å². The summed E-state index contributed by atoms with van der Waals surface area (Å²) in [4.78, 5) is 2.47. The van der Waals surface area contributed by atoms with Crippen molar-refractivity contribution >= 4 is 5.69 Å². The van der Waals surface area contributed by atoms with Crippen LogP contribution in [0.5, 0.6) is 0 Å². The molecule has 1 heterocycles. The summed E-state index contributed by atoms with van der Waals surface area (Å²) >= 11 is 0. The molecule has 2 rings (SSSR count). The fourth-order valence-corrected chi connectivity index (χ4v) is 2.54. The van der Waals surface area contributed by atoms with Gasteiger partial charge in [-0.15, -0.1) is 0 Å². The Bertz CT molecular complexity index is 360. The Hall–Kier alpha value is -1.02. The first-order valence-electron chi connectivity index (χ1n) is 6.28. The molecule has 0 fully saturated rings. The SMILES string of the molecule is CCN1CC(C)c2cc(CCNC)ccc21. The summed E-state index contributed by atoms with van der Waals surface area (Å²) in [5.74, 6) is 0.685. The molecule has 0 saturated heterocycles. The second kappa shape index (κ2) is 4.88. The number of nitrogens with zero attached hydrogens (tertiary/aromatic N) is 1. The molecule has 0 aromatic heterocycles. The molecule has 1 unspecified atom stereocenters. The summed E-state index contributed by atoms with van der Waals surface area (Å²) in [7, 11) is 2.01. The van der Waals surface area contributed by atoms with E-state index in [1.165, 1.54) is 23.4 Å². The van der Waals surface area contributed by atoms with Crippen LogP contribution in [0.3, 0.4) is 0 Å². The van der Waals surface area contributed by atoms with Crippen molar-refractivity contribution in [3.05, 3.63) is 29.3 Å². The van der Waals surface area contributed by atoms with Gasteiger partial charge in [-0.25, -0.2) is 0 Å². The van der Waals surface area contributed by atoms with Gasteiger partial charge in [0.2, 0.25) is 0 Å². The lowest BCUT2D eigenvalue weighted by molar-refractivity contribution is 0.760. The Morgan fingerprint density at radius 1 is 1.44 bits per heavy atom. The molecular formula is C14H22N2. The molecule has 16 heavy (non-hydrogen) atoms. The van der Waals surface area contributed by atoms with Crippen LogP contribution in [0.15, 0.2) is 18.2 Å². The number of hydrogen-bond donors (Lipinski definition) is 1. The fourth-order valence-electron chi connectivity index (χ4n) is 2.54. The smallest absolute Gasteiger partial charge is 0.0402 e. The first-order valence-corrected chi connectivity index (χ1v) is 6.28. The van der Waals surface area contributed by atoms with Gasteiger partial charge in [0.1, 0.15) is 0 Å². The third-order valence-electron chi connectivity index (χ3n) is 3.50. The highest BCUT2D eigenvalue weighted by Crippen LogP contribution is 2.36. The average Bonchev–Trinajstić information content (AvgIpc) is 2.63. The first-order chi connectivity index (χ1) is 7.76. The molecule has 88 valence electrons. The van der Waals surface area contributed by atoms with Crippen LogP contribution >= 0.6 is 0 Å². The van der Waals surface area contributed by atoms with Crippen LogP contribution in [0.1, 0.15) is 30.9 Å². The van der Waals surface area contributed by atoms with Gasteiger partial charge in [-0.2, -0.15) is 0 Å². The van der Waals surface area contributed by atoms with Crippen molar-refractivity contribution in [2.45, 2.75) is 26.2 Å². The Morgan fingerprint density at radius 3 is 2.94 bits per heavy atom. The molecule has 1 atom stereocenters. The molecule has 2 heteroatoms. The largest absolute Gasteiger partial charge is 0.371 e. The zero-order valence-electron chi connectivity index (χ0n) is 10.6. The third kappa shape index (κ3) is 2.07. The minimum Gasteiger partial charge on any atom is -0.371 e. The van der Waals surface area contributed by atoms with E-state index in [2.05, 4.69) is 42.3 Å². The number of benzene rings is 1. The minimum atomic E-state index is 0.685.